The lowest BCUT2D eigenvalue weighted by molar-refractivity contribution is -0.384. The molecule has 2 N–H and O–H groups in total. The van der Waals surface area contributed by atoms with Crippen LogP contribution < -0.4 is 15.4 Å². The number of amides is 2. The van der Waals surface area contributed by atoms with E-state index in [-0.39, 0.29) is 29.3 Å². The first-order valence-electron chi connectivity index (χ1n) is 10.6. The summed E-state index contributed by atoms with van der Waals surface area (Å²) in [6.07, 6.45) is 1.26. The number of nitrogens with zero attached hydrogens (tertiary/aromatic N) is 2. The molecule has 0 aromatic heterocycles. The molecule has 0 unspecified atom stereocenters. The standard InChI is InChI=1S/C26H21ClN4O5/c1-16-5-3-8-23(17(16)2)30-25(32)15-36-24-10-9-20(27)12-18(24)11-19(14-28)26(33)29-21-6-4-7-22(13-21)31(34)35/h3-13H,15H2,1-2H3,(H,29,33)(H,30,32)/b19-11-. The van der Waals surface area contributed by atoms with Gasteiger partial charge < -0.3 is 15.4 Å². The Bertz CT molecular complexity index is 1410. The molecule has 3 rings (SSSR count). The van der Waals surface area contributed by atoms with Gasteiger partial charge in [0, 0.05) is 34.1 Å². The van der Waals surface area contributed by atoms with Crippen LogP contribution in [0, 0.1) is 35.3 Å². The lowest BCUT2D eigenvalue weighted by Gasteiger charge is -2.13. The summed E-state index contributed by atoms with van der Waals surface area (Å²) in [7, 11) is 0. The van der Waals surface area contributed by atoms with Gasteiger partial charge in [0.05, 0.1) is 4.92 Å². The molecule has 3 aromatic rings. The van der Waals surface area contributed by atoms with Crippen LogP contribution in [0.1, 0.15) is 16.7 Å². The van der Waals surface area contributed by atoms with Crippen molar-refractivity contribution in [1.82, 2.24) is 0 Å². The van der Waals surface area contributed by atoms with Crippen LogP contribution in [0.3, 0.4) is 0 Å². The fourth-order valence-electron chi connectivity index (χ4n) is 3.18. The first-order valence-corrected chi connectivity index (χ1v) is 11.0. The second-order valence-corrected chi connectivity index (χ2v) is 8.13. The number of ether oxygens (including phenoxy) is 1. The van der Waals surface area contributed by atoms with Crippen molar-refractivity contribution >= 4 is 46.6 Å². The number of rotatable bonds is 8. The van der Waals surface area contributed by atoms with Gasteiger partial charge >= 0.3 is 0 Å². The van der Waals surface area contributed by atoms with Crippen LogP contribution >= 0.6 is 11.6 Å². The van der Waals surface area contributed by atoms with Gasteiger partial charge in [0.25, 0.3) is 17.5 Å². The van der Waals surface area contributed by atoms with Crippen molar-refractivity contribution in [1.29, 1.82) is 5.26 Å². The van der Waals surface area contributed by atoms with E-state index in [0.29, 0.717) is 16.3 Å². The lowest BCUT2D eigenvalue weighted by Crippen LogP contribution is -2.21. The summed E-state index contributed by atoms with van der Waals surface area (Å²) < 4.78 is 5.65. The highest BCUT2D eigenvalue weighted by Gasteiger charge is 2.15. The third-order valence-electron chi connectivity index (χ3n) is 5.19. The van der Waals surface area contributed by atoms with E-state index in [9.17, 15) is 25.0 Å². The third kappa shape index (κ3) is 6.68. The number of anilines is 2. The minimum Gasteiger partial charge on any atom is -0.483 e. The van der Waals surface area contributed by atoms with E-state index >= 15 is 0 Å². The Kier molecular flexibility index (Phi) is 8.39. The van der Waals surface area contributed by atoms with E-state index in [1.54, 1.807) is 18.2 Å². The van der Waals surface area contributed by atoms with E-state index in [1.165, 1.54) is 42.5 Å². The topological polar surface area (TPSA) is 134 Å². The highest BCUT2D eigenvalue weighted by Crippen LogP contribution is 2.26. The van der Waals surface area contributed by atoms with Crippen LogP contribution in [-0.2, 0) is 9.59 Å². The van der Waals surface area contributed by atoms with Gasteiger partial charge in [-0.1, -0.05) is 29.8 Å². The number of non-ortho nitro benzene ring substituents is 1. The number of nitro groups is 1. The summed E-state index contributed by atoms with van der Waals surface area (Å²) >= 11 is 6.09. The number of halogens is 1. The molecule has 0 spiro atoms. The minimum atomic E-state index is -0.781. The van der Waals surface area contributed by atoms with Gasteiger partial charge in [0.1, 0.15) is 17.4 Å². The largest absolute Gasteiger partial charge is 0.483 e. The molecule has 0 saturated heterocycles. The van der Waals surface area contributed by atoms with Crippen molar-refractivity contribution in [3.8, 4) is 11.8 Å². The molecule has 0 aliphatic rings. The number of carbonyl (C=O) groups excluding carboxylic acids is 2. The number of nitrogens with one attached hydrogen (secondary N) is 2. The third-order valence-corrected chi connectivity index (χ3v) is 5.42. The summed E-state index contributed by atoms with van der Waals surface area (Å²) in [6, 6.07) is 17.2. The van der Waals surface area contributed by atoms with Gasteiger partial charge in [-0.15, -0.1) is 0 Å². The van der Waals surface area contributed by atoms with Crippen LogP contribution in [0.15, 0.2) is 66.2 Å². The molecule has 36 heavy (non-hydrogen) atoms. The number of carbonyl (C=O) groups is 2. The van der Waals surface area contributed by atoms with Crippen molar-refractivity contribution < 1.29 is 19.2 Å². The molecule has 9 nitrogen and oxygen atoms in total. The number of hydrogen-bond acceptors (Lipinski definition) is 6. The maximum Gasteiger partial charge on any atom is 0.271 e. The molecule has 10 heteroatoms. The number of benzene rings is 3. The van der Waals surface area contributed by atoms with Gasteiger partial charge in [-0.25, -0.2) is 0 Å². The van der Waals surface area contributed by atoms with Gasteiger partial charge in [-0.2, -0.15) is 5.26 Å². The predicted molar refractivity (Wildman–Crippen MR) is 137 cm³/mol. The van der Waals surface area contributed by atoms with Crippen LogP contribution in [0.4, 0.5) is 17.1 Å². The van der Waals surface area contributed by atoms with Gasteiger partial charge in [0.15, 0.2) is 6.61 Å². The molecule has 0 aliphatic heterocycles. The van der Waals surface area contributed by atoms with Crippen molar-refractivity contribution in [3.63, 3.8) is 0 Å². The van der Waals surface area contributed by atoms with Crippen molar-refractivity contribution in [3.05, 3.63) is 98.1 Å². The molecule has 0 bridgehead atoms. The van der Waals surface area contributed by atoms with Gasteiger partial charge in [0.2, 0.25) is 0 Å². The summed E-state index contributed by atoms with van der Waals surface area (Å²) in [5.41, 5.74) is 2.59. The molecule has 0 heterocycles. The molecule has 2 amide bonds. The molecular weight excluding hydrogens is 484 g/mol. The Morgan fingerprint density at radius 3 is 2.58 bits per heavy atom. The fraction of sp³-hybridized carbons (Fsp3) is 0.115. The molecule has 0 fully saturated rings. The van der Waals surface area contributed by atoms with E-state index in [4.69, 9.17) is 16.3 Å². The maximum atomic E-state index is 12.6. The summed E-state index contributed by atoms with van der Waals surface area (Å²) in [5.74, 6) is -0.944. The summed E-state index contributed by atoms with van der Waals surface area (Å²) in [5, 5.41) is 26.1. The quantitative estimate of drug-likeness (QED) is 0.182. The summed E-state index contributed by atoms with van der Waals surface area (Å²) in [4.78, 5) is 35.5. The number of nitro benzene ring substituents is 1. The average molecular weight is 505 g/mol. The van der Waals surface area contributed by atoms with E-state index in [1.807, 2.05) is 26.0 Å². The molecule has 0 atom stereocenters. The van der Waals surface area contributed by atoms with E-state index in [2.05, 4.69) is 10.6 Å². The van der Waals surface area contributed by atoms with E-state index in [0.717, 1.165) is 11.1 Å². The Balaban J connectivity index is 1.77. The second-order valence-electron chi connectivity index (χ2n) is 7.70. The highest BCUT2D eigenvalue weighted by atomic mass is 35.5. The average Bonchev–Trinajstić information content (AvgIpc) is 2.84. The highest BCUT2D eigenvalue weighted by molar-refractivity contribution is 6.30. The maximum absolute atomic E-state index is 12.6. The molecule has 182 valence electrons. The van der Waals surface area contributed by atoms with Crippen molar-refractivity contribution in [2.75, 3.05) is 17.2 Å². The number of hydrogen-bond donors (Lipinski definition) is 2. The minimum absolute atomic E-state index is 0.154. The van der Waals surface area contributed by atoms with Crippen LogP contribution in [0.5, 0.6) is 5.75 Å². The molecule has 0 aliphatic carbocycles. The zero-order valence-electron chi connectivity index (χ0n) is 19.4. The Labute approximate surface area is 212 Å². The number of aryl methyl sites for hydroxylation is 1. The molecular formula is C26H21ClN4O5. The summed E-state index contributed by atoms with van der Waals surface area (Å²) in [6.45, 7) is 3.52. The van der Waals surface area contributed by atoms with Gasteiger partial charge in [-0.3, -0.25) is 19.7 Å². The van der Waals surface area contributed by atoms with Crippen molar-refractivity contribution in [2.45, 2.75) is 13.8 Å². The first-order chi connectivity index (χ1) is 17.2. The Morgan fingerprint density at radius 1 is 1.11 bits per heavy atom. The van der Waals surface area contributed by atoms with Crippen LogP contribution in [0.2, 0.25) is 5.02 Å². The number of nitriles is 1. The van der Waals surface area contributed by atoms with Crippen molar-refractivity contribution in [2.24, 2.45) is 0 Å². The van der Waals surface area contributed by atoms with E-state index < -0.39 is 16.7 Å². The van der Waals surface area contributed by atoms with Crippen LogP contribution in [0.25, 0.3) is 6.08 Å². The zero-order chi connectivity index (χ0) is 26.2. The Morgan fingerprint density at radius 2 is 1.86 bits per heavy atom. The molecule has 0 saturated carbocycles. The first kappa shape index (κ1) is 25.9. The fourth-order valence-corrected chi connectivity index (χ4v) is 3.36. The molecule has 3 aromatic carbocycles. The van der Waals surface area contributed by atoms with Crippen LogP contribution in [-0.4, -0.2) is 23.3 Å². The second kappa shape index (κ2) is 11.6. The monoisotopic (exact) mass is 504 g/mol. The predicted octanol–water partition coefficient (Wildman–Crippen LogP) is 5.43. The normalized spacial score (nSPS) is 10.8. The zero-order valence-corrected chi connectivity index (χ0v) is 20.1. The van der Waals surface area contributed by atoms with Gasteiger partial charge in [-0.05, 0) is 61.4 Å². The molecule has 0 radical (unpaired) electrons. The lowest BCUT2D eigenvalue weighted by atomic mass is 10.1. The smallest absolute Gasteiger partial charge is 0.271 e. The Hall–Kier alpha value is -4.68. The SMILES string of the molecule is Cc1cccc(NC(=O)COc2ccc(Cl)cc2/C=C(/C#N)C(=O)Nc2cccc([N+](=O)[O-])c2)c1C.